The zero-order chi connectivity index (χ0) is 14.4. The fraction of sp³-hybridized carbons (Fsp3) is 0.385. The topological polar surface area (TPSA) is 49.4 Å². The largest absolute Gasteiger partial charge is 0.343 e. The van der Waals surface area contributed by atoms with E-state index in [0.717, 1.165) is 8.04 Å². The lowest BCUT2D eigenvalue weighted by atomic mass is 10.2. The first-order chi connectivity index (χ1) is 8.99. The van der Waals surface area contributed by atoms with E-state index < -0.39 is 0 Å². The average Bonchev–Trinajstić information content (AvgIpc) is 2.40. The Morgan fingerprint density at radius 1 is 1.32 bits per heavy atom. The number of nitrogens with one attached hydrogen (secondary N) is 1. The molecule has 1 aromatic rings. The summed E-state index contributed by atoms with van der Waals surface area (Å²) < 4.78 is 1.70. The highest BCUT2D eigenvalue weighted by molar-refractivity contribution is 14.1. The van der Waals surface area contributed by atoms with Crippen LogP contribution in [0.4, 0.5) is 0 Å². The van der Waals surface area contributed by atoms with E-state index >= 15 is 0 Å². The SMILES string of the molecule is CCN(CC)C(=O)CNC(=O)c1cc(I)ccc1Br. The smallest absolute Gasteiger partial charge is 0.252 e. The van der Waals surface area contributed by atoms with Crippen molar-refractivity contribution in [3.63, 3.8) is 0 Å². The number of benzene rings is 1. The zero-order valence-corrected chi connectivity index (χ0v) is 14.6. The van der Waals surface area contributed by atoms with Crippen molar-refractivity contribution >= 4 is 50.3 Å². The number of carbonyl (C=O) groups is 2. The van der Waals surface area contributed by atoms with Crippen LogP contribution >= 0.6 is 38.5 Å². The van der Waals surface area contributed by atoms with Crippen molar-refractivity contribution < 1.29 is 9.59 Å². The van der Waals surface area contributed by atoms with Gasteiger partial charge in [-0.25, -0.2) is 0 Å². The molecule has 1 N–H and O–H groups in total. The molecule has 0 atom stereocenters. The van der Waals surface area contributed by atoms with Crippen LogP contribution in [0.3, 0.4) is 0 Å². The van der Waals surface area contributed by atoms with Gasteiger partial charge < -0.3 is 10.2 Å². The number of nitrogens with zero attached hydrogens (tertiary/aromatic N) is 1. The average molecular weight is 439 g/mol. The number of amides is 2. The Morgan fingerprint density at radius 3 is 2.53 bits per heavy atom. The minimum absolute atomic E-state index is 0.0262. The molecule has 6 heteroatoms. The Labute approximate surface area is 135 Å². The molecule has 1 aromatic carbocycles. The second kappa shape index (κ2) is 7.84. The van der Waals surface area contributed by atoms with E-state index in [1.165, 1.54) is 0 Å². The van der Waals surface area contributed by atoms with Crippen molar-refractivity contribution in [3.05, 3.63) is 31.8 Å². The Hall–Kier alpha value is -0.630. The Bertz CT molecular complexity index is 476. The number of hydrogen-bond acceptors (Lipinski definition) is 2. The third-order valence-electron chi connectivity index (χ3n) is 2.69. The second-order valence-electron chi connectivity index (χ2n) is 3.87. The first-order valence-electron chi connectivity index (χ1n) is 6.00. The van der Waals surface area contributed by atoms with Gasteiger partial charge in [0.1, 0.15) is 0 Å². The molecule has 1 rings (SSSR count). The third-order valence-corrected chi connectivity index (χ3v) is 4.05. The Morgan fingerprint density at radius 2 is 1.95 bits per heavy atom. The number of likely N-dealkylation sites (N-methyl/N-ethyl adjacent to an activating group) is 1. The van der Waals surface area contributed by atoms with Crippen molar-refractivity contribution in [2.45, 2.75) is 13.8 Å². The molecule has 104 valence electrons. The molecule has 0 saturated heterocycles. The molecule has 0 aromatic heterocycles. The maximum atomic E-state index is 12.0. The fourth-order valence-electron chi connectivity index (χ4n) is 1.61. The van der Waals surface area contributed by atoms with E-state index in [2.05, 4.69) is 43.8 Å². The summed E-state index contributed by atoms with van der Waals surface area (Å²) in [6.07, 6.45) is 0. The zero-order valence-electron chi connectivity index (χ0n) is 10.9. The summed E-state index contributed by atoms with van der Waals surface area (Å²) in [6.45, 7) is 5.16. The van der Waals surface area contributed by atoms with E-state index in [9.17, 15) is 9.59 Å². The van der Waals surface area contributed by atoms with Gasteiger partial charge in [0.15, 0.2) is 0 Å². The van der Waals surface area contributed by atoms with Crippen molar-refractivity contribution in [2.24, 2.45) is 0 Å². The molecule has 0 aliphatic heterocycles. The number of carbonyl (C=O) groups excluding carboxylic acids is 2. The summed E-state index contributed by atoms with van der Waals surface area (Å²) in [5.41, 5.74) is 0.541. The van der Waals surface area contributed by atoms with Crippen LogP contribution in [0, 0.1) is 3.57 Å². The summed E-state index contributed by atoms with van der Waals surface area (Å²) in [6, 6.07) is 5.51. The highest BCUT2D eigenvalue weighted by Crippen LogP contribution is 2.19. The van der Waals surface area contributed by atoms with Crippen molar-refractivity contribution in [3.8, 4) is 0 Å². The van der Waals surface area contributed by atoms with Gasteiger partial charge in [-0.2, -0.15) is 0 Å². The fourth-order valence-corrected chi connectivity index (χ4v) is 2.53. The molecular weight excluding hydrogens is 423 g/mol. The molecular formula is C13H16BrIN2O2. The Balaban J connectivity index is 2.65. The molecule has 0 radical (unpaired) electrons. The molecule has 0 aliphatic rings. The van der Waals surface area contributed by atoms with Crippen LogP contribution in [0.1, 0.15) is 24.2 Å². The van der Waals surface area contributed by atoms with Gasteiger partial charge in [0, 0.05) is 21.1 Å². The molecule has 19 heavy (non-hydrogen) atoms. The van der Waals surface area contributed by atoms with Crippen LogP contribution in [0.15, 0.2) is 22.7 Å². The van der Waals surface area contributed by atoms with Crippen LogP contribution in [-0.2, 0) is 4.79 Å². The first kappa shape index (κ1) is 16.4. The van der Waals surface area contributed by atoms with Crippen LogP contribution in [0.5, 0.6) is 0 Å². The maximum Gasteiger partial charge on any atom is 0.252 e. The minimum atomic E-state index is -0.245. The lowest BCUT2D eigenvalue weighted by Gasteiger charge is -2.18. The molecule has 0 unspecified atom stereocenters. The Kier molecular flexibility index (Phi) is 6.78. The highest BCUT2D eigenvalue weighted by Gasteiger charge is 2.14. The summed E-state index contributed by atoms with van der Waals surface area (Å²) >= 11 is 5.48. The summed E-state index contributed by atoms with van der Waals surface area (Å²) in [5, 5.41) is 2.65. The van der Waals surface area contributed by atoms with Gasteiger partial charge in [0.05, 0.1) is 12.1 Å². The van der Waals surface area contributed by atoms with Gasteiger partial charge in [-0.05, 0) is 70.6 Å². The number of halogens is 2. The third kappa shape index (κ3) is 4.76. The van der Waals surface area contributed by atoms with Gasteiger partial charge in [-0.15, -0.1) is 0 Å². The van der Waals surface area contributed by atoms with Crippen LogP contribution < -0.4 is 5.32 Å². The van der Waals surface area contributed by atoms with Gasteiger partial charge in [-0.1, -0.05) is 0 Å². The van der Waals surface area contributed by atoms with Gasteiger partial charge in [-0.3, -0.25) is 9.59 Å². The molecule has 0 heterocycles. The monoisotopic (exact) mass is 438 g/mol. The standard InChI is InChI=1S/C13H16BrIN2O2/c1-3-17(4-2)12(18)8-16-13(19)10-7-9(15)5-6-11(10)14/h5-7H,3-4,8H2,1-2H3,(H,16,19). The normalized spacial score (nSPS) is 10.1. The molecule has 0 spiro atoms. The van der Waals surface area contributed by atoms with Crippen LogP contribution in [0.2, 0.25) is 0 Å². The van der Waals surface area contributed by atoms with E-state index in [4.69, 9.17) is 0 Å². The molecule has 0 saturated carbocycles. The van der Waals surface area contributed by atoms with Gasteiger partial charge >= 0.3 is 0 Å². The van der Waals surface area contributed by atoms with E-state index in [-0.39, 0.29) is 18.4 Å². The summed E-state index contributed by atoms with van der Waals surface area (Å²) in [7, 11) is 0. The summed E-state index contributed by atoms with van der Waals surface area (Å²) in [4.78, 5) is 25.5. The predicted molar refractivity (Wildman–Crippen MR) is 87.1 cm³/mol. The molecule has 2 amide bonds. The quantitative estimate of drug-likeness (QED) is 0.718. The molecule has 0 bridgehead atoms. The van der Waals surface area contributed by atoms with Crippen LogP contribution in [0.25, 0.3) is 0 Å². The summed E-state index contributed by atoms with van der Waals surface area (Å²) in [5.74, 6) is -0.314. The molecule has 4 nitrogen and oxygen atoms in total. The number of hydrogen-bond donors (Lipinski definition) is 1. The lowest BCUT2D eigenvalue weighted by molar-refractivity contribution is -0.129. The second-order valence-corrected chi connectivity index (χ2v) is 5.97. The van der Waals surface area contributed by atoms with Gasteiger partial charge in [0.25, 0.3) is 5.91 Å². The van der Waals surface area contributed by atoms with Crippen LogP contribution in [-0.4, -0.2) is 36.3 Å². The van der Waals surface area contributed by atoms with Crippen molar-refractivity contribution in [1.29, 1.82) is 0 Å². The molecule has 0 aliphatic carbocycles. The number of rotatable bonds is 5. The van der Waals surface area contributed by atoms with E-state index in [0.29, 0.717) is 18.7 Å². The minimum Gasteiger partial charge on any atom is -0.343 e. The van der Waals surface area contributed by atoms with E-state index in [1.54, 1.807) is 11.0 Å². The predicted octanol–water partition coefficient (Wildman–Crippen LogP) is 2.65. The lowest BCUT2D eigenvalue weighted by Crippen LogP contribution is -2.40. The van der Waals surface area contributed by atoms with E-state index in [1.807, 2.05) is 26.0 Å². The van der Waals surface area contributed by atoms with Crippen molar-refractivity contribution in [1.82, 2.24) is 10.2 Å². The molecule has 0 fully saturated rings. The van der Waals surface area contributed by atoms with Crippen molar-refractivity contribution in [2.75, 3.05) is 19.6 Å². The highest BCUT2D eigenvalue weighted by atomic mass is 127. The van der Waals surface area contributed by atoms with Gasteiger partial charge in [0.2, 0.25) is 5.91 Å². The maximum absolute atomic E-state index is 12.0. The first-order valence-corrected chi connectivity index (χ1v) is 7.87.